The fraction of sp³-hybridized carbons (Fsp3) is 0.571. The smallest absolute Gasteiger partial charge is 0.233 e. The minimum Gasteiger partial charge on any atom is -0.507 e. The van der Waals surface area contributed by atoms with Crippen LogP contribution in [0.15, 0.2) is 28.9 Å². The summed E-state index contributed by atoms with van der Waals surface area (Å²) in [4.78, 5) is 26.8. The Hall–Kier alpha value is -2.44. The molecule has 2 saturated heterocycles. The van der Waals surface area contributed by atoms with Gasteiger partial charge in [-0.15, -0.1) is 0 Å². The number of methoxy groups -OCH3 is 1. The van der Waals surface area contributed by atoms with Crippen molar-refractivity contribution in [1.82, 2.24) is 4.90 Å². The number of carbonyl (C=O) groups is 2. The Morgan fingerprint density at radius 3 is 2.53 bits per heavy atom. The average molecular weight is 468 g/mol. The Labute approximate surface area is 202 Å². The number of ether oxygens (including phenoxy) is 2. The molecular weight excluding hydrogens is 430 g/mol. The van der Waals surface area contributed by atoms with Gasteiger partial charge in [-0.25, -0.2) is 0 Å². The lowest BCUT2D eigenvalue weighted by Gasteiger charge is -2.31. The normalized spacial score (nSPS) is 27.0. The number of aromatic hydroxyl groups is 1. The second-order valence-electron chi connectivity index (χ2n) is 10.1. The summed E-state index contributed by atoms with van der Waals surface area (Å²) in [7, 11) is 3.28. The van der Waals surface area contributed by atoms with Crippen LogP contribution in [0, 0.1) is 31.6 Å². The van der Waals surface area contributed by atoms with E-state index in [9.17, 15) is 14.7 Å². The fourth-order valence-corrected chi connectivity index (χ4v) is 6.15. The number of imide groups is 1. The number of fused-ring (bicyclic) bond motifs is 3. The van der Waals surface area contributed by atoms with Gasteiger partial charge in [0, 0.05) is 20.1 Å². The SMILES string of the molecule is CCC/C(=C\c1cc(C)c(O)c(C)c1)CC[C@H]1OC[C@H]2C1=C(COC)C[C@H]1C(=O)N(C)C(=O)[C@H]12. The van der Waals surface area contributed by atoms with Crippen LogP contribution in [0.25, 0.3) is 6.08 Å². The molecule has 1 aromatic carbocycles. The van der Waals surface area contributed by atoms with Crippen LogP contribution in [0.4, 0.5) is 0 Å². The number of hydrogen-bond acceptors (Lipinski definition) is 5. The molecule has 184 valence electrons. The Bertz CT molecular complexity index is 1020. The number of likely N-dealkylation sites (tertiary alicyclic amines) is 1. The van der Waals surface area contributed by atoms with Crippen LogP contribution < -0.4 is 0 Å². The highest BCUT2D eigenvalue weighted by Gasteiger charge is 2.55. The van der Waals surface area contributed by atoms with E-state index in [0.29, 0.717) is 25.4 Å². The molecule has 2 fully saturated rings. The largest absolute Gasteiger partial charge is 0.507 e. The molecule has 3 aliphatic rings. The number of amides is 2. The molecule has 0 bridgehead atoms. The fourth-order valence-electron chi connectivity index (χ4n) is 6.15. The number of phenols is 1. The second-order valence-corrected chi connectivity index (χ2v) is 10.1. The zero-order chi connectivity index (χ0) is 24.6. The topological polar surface area (TPSA) is 76.1 Å². The quantitative estimate of drug-likeness (QED) is 0.448. The van der Waals surface area contributed by atoms with Crippen LogP contribution in [0.5, 0.6) is 5.75 Å². The van der Waals surface area contributed by atoms with E-state index in [-0.39, 0.29) is 35.7 Å². The summed E-state index contributed by atoms with van der Waals surface area (Å²) < 4.78 is 11.8. The van der Waals surface area contributed by atoms with Crippen LogP contribution >= 0.6 is 0 Å². The van der Waals surface area contributed by atoms with E-state index in [1.807, 2.05) is 26.0 Å². The van der Waals surface area contributed by atoms with E-state index in [1.54, 1.807) is 14.2 Å². The number of carbonyl (C=O) groups excluding carboxylic acids is 2. The van der Waals surface area contributed by atoms with Gasteiger partial charge in [-0.3, -0.25) is 14.5 Å². The third kappa shape index (κ3) is 4.46. The van der Waals surface area contributed by atoms with Crippen molar-refractivity contribution in [2.45, 2.75) is 59.0 Å². The van der Waals surface area contributed by atoms with Crippen molar-refractivity contribution in [3.05, 3.63) is 45.5 Å². The average Bonchev–Trinajstić information content (AvgIpc) is 3.31. The monoisotopic (exact) mass is 467 g/mol. The molecule has 1 aliphatic carbocycles. The lowest BCUT2D eigenvalue weighted by atomic mass is 9.69. The van der Waals surface area contributed by atoms with Crippen molar-refractivity contribution in [2.24, 2.45) is 17.8 Å². The number of aryl methyl sites for hydroxylation is 2. The van der Waals surface area contributed by atoms with Crippen LogP contribution in [-0.4, -0.2) is 55.3 Å². The lowest BCUT2D eigenvalue weighted by molar-refractivity contribution is -0.138. The summed E-state index contributed by atoms with van der Waals surface area (Å²) in [6.45, 7) is 7.01. The van der Waals surface area contributed by atoms with Gasteiger partial charge in [0.2, 0.25) is 11.8 Å². The Morgan fingerprint density at radius 2 is 1.88 bits per heavy atom. The first-order valence-corrected chi connectivity index (χ1v) is 12.4. The van der Waals surface area contributed by atoms with Gasteiger partial charge in [0.25, 0.3) is 0 Å². The van der Waals surface area contributed by atoms with Gasteiger partial charge in [0.15, 0.2) is 0 Å². The van der Waals surface area contributed by atoms with Crippen molar-refractivity contribution in [3.8, 4) is 5.75 Å². The summed E-state index contributed by atoms with van der Waals surface area (Å²) in [6.07, 6.45) is 6.58. The number of phenolic OH excluding ortho intramolecular Hbond substituents is 1. The number of hydrogen-bond donors (Lipinski definition) is 1. The first-order valence-electron chi connectivity index (χ1n) is 12.4. The molecule has 0 spiro atoms. The Balaban J connectivity index is 1.56. The molecule has 0 unspecified atom stereocenters. The molecule has 34 heavy (non-hydrogen) atoms. The molecule has 2 amide bonds. The van der Waals surface area contributed by atoms with E-state index in [2.05, 4.69) is 13.0 Å². The maximum atomic E-state index is 12.9. The molecule has 0 radical (unpaired) electrons. The standard InChI is InChI=1S/C28H37NO5/c1-6-7-18(12-19-10-16(2)26(30)17(3)11-19)8-9-23-24-20(14-33-5)13-21-25(22(24)15-34-23)28(32)29(4)27(21)31/h10-12,21-23,25,30H,6-9,13-15H2,1-5H3/b18-12+/t21-,22+,23-,25-/m1/s1. The van der Waals surface area contributed by atoms with E-state index >= 15 is 0 Å². The Kier molecular flexibility index (Phi) is 7.29. The van der Waals surface area contributed by atoms with Crippen LogP contribution in [-0.2, 0) is 19.1 Å². The summed E-state index contributed by atoms with van der Waals surface area (Å²) in [5.41, 5.74) is 6.57. The van der Waals surface area contributed by atoms with Gasteiger partial charge in [-0.05, 0) is 79.5 Å². The van der Waals surface area contributed by atoms with Crippen molar-refractivity contribution in [3.63, 3.8) is 0 Å². The van der Waals surface area contributed by atoms with Gasteiger partial charge in [0.05, 0.1) is 31.2 Å². The molecule has 4 rings (SSSR count). The van der Waals surface area contributed by atoms with Gasteiger partial charge in [-0.2, -0.15) is 0 Å². The predicted octanol–water partition coefficient (Wildman–Crippen LogP) is 4.57. The Morgan fingerprint density at radius 1 is 1.18 bits per heavy atom. The molecule has 0 saturated carbocycles. The summed E-state index contributed by atoms with van der Waals surface area (Å²) in [6, 6.07) is 4.06. The van der Waals surface area contributed by atoms with Crippen molar-refractivity contribution < 1.29 is 24.2 Å². The van der Waals surface area contributed by atoms with Crippen LogP contribution in [0.3, 0.4) is 0 Å². The minimum atomic E-state index is -0.299. The highest BCUT2D eigenvalue weighted by atomic mass is 16.5. The van der Waals surface area contributed by atoms with E-state index in [4.69, 9.17) is 9.47 Å². The van der Waals surface area contributed by atoms with Gasteiger partial charge in [-0.1, -0.05) is 25.0 Å². The van der Waals surface area contributed by atoms with Gasteiger partial charge in [0.1, 0.15) is 5.75 Å². The highest BCUT2D eigenvalue weighted by molar-refractivity contribution is 6.05. The third-order valence-corrected chi connectivity index (χ3v) is 7.73. The van der Waals surface area contributed by atoms with Crippen LogP contribution in [0.1, 0.15) is 55.7 Å². The maximum Gasteiger partial charge on any atom is 0.233 e. The lowest BCUT2D eigenvalue weighted by Crippen LogP contribution is -2.34. The van der Waals surface area contributed by atoms with E-state index in [1.165, 1.54) is 16.0 Å². The molecule has 6 nitrogen and oxygen atoms in total. The number of allylic oxidation sites excluding steroid dienone is 1. The molecule has 2 aliphatic heterocycles. The predicted molar refractivity (Wildman–Crippen MR) is 131 cm³/mol. The molecule has 6 heteroatoms. The first-order chi connectivity index (χ1) is 16.3. The summed E-state index contributed by atoms with van der Waals surface area (Å²) in [5.74, 6) is -0.390. The van der Waals surface area contributed by atoms with Gasteiger partial charge < -0.3 is 14.6 Å². The highest BCUT2D eigenvalue weighted by Crippen LogP contribution is 2.49. The van der Waals surface area contributed by atoms with Crippen LogP contribution in [0.2, 0.25) is 0 Å². The zero-order valence-corrected chi connectivity index (χ0v) is 21.0. The number of rotatable bonds is 8. The summed E-state index contributed by atoms with van der Waals surface area (Å²) >= 11 is 0. The maximum absolute atomic E-state index is 12.9. The molecule has 2 heterocycles. The van der Waals surface area contributed by atoms with E-state index in [0.717, 1.165) is 47.9 Å². The van der Waals surface area contributed by atoms with Crippen molar-refractivity contribution in [2.75, 3.05) is 27.4 Å². The second kappa shape index (κ2) is 10.0. The molecule has 1 N–H and O–H groups in total. The minimum absolute atomic E-state index is 0.0312. The zero-order valence-electron chi connectivity index (χ0n) is 21.0. The van der Waals surface area contributed by atoms with E-state index < -0.39 is 0 Å². The molecule has 1 aromatic rings. The molecule has 0 aromatic heterocycles. The first kappa shape index (κ1) is 24.7. The number of benzene rings is 1. The molecular formula is C28H37NO5. The number of nitrogens with zero attached hydrogens (tertiary/aromatic N) is 1. The van der Waals surface area contributed by atoms with Crippen molar-refractivity contribution in [1.29, 1.82) is 0 Å². The molecule has 4 atom stereocenters. The van der Waals surface area contributed by atoms with Crippen molar-refractivity contribution >= 4 is 17.9 Å². The van der Waals surface area contributed by atoms with Gasteiger partial charge >= 0.3 is 0 Å². The summed E-state index contributed by atoms with van der Waals surface area (Å²) in [5, 5.41) is 10.1. The third-order valence-electron chi connectivity index (χ3n) is 7.73.